The first kappa shape index (κ1) is 13.7. The van der Waals surface area contributed by atoms with Crippen LogP contribution in [-0.4, -0.2) is 37.5 Å². The molecule has 1 aliphatic heterocycles. The zero-order chi connectivity index (χ0) is 15.0. The van der Waals surface area contributed by atoms with Crippen molar-refractivity contribution < 1.29 is 4.79 Å². The highest BCUT2D eigenvalue weighted by atomic mass is 16.2. The highest BCUT2D eigenvalue weighted by molar-refractivity contribution is 5.95. The molecule has 2 aromatic heterocycles. The van der Waals surface area contributed by atoms with E-state index >= 15 is 0 Å². The number of nitrogens with zero attached hydrogens (tertiary/aromatic N) is 4. The minimum Gasteiger partial charge on any atom is -0.334 e. The van der Waals surface area contributed by atoms with E-state index in [0.717, 1.165) is 23.4 Å². The van der Waals surface area contributed by atoms with Gasteiger partial charge in [-0.1, -0.05) is 13.8 Å². The molecule has 1 aliphatic rings. The molecule has 0 spiro atoms. The maximum atomic E-state index is 12.8. The standard InChI is InChI=1S/C15H19N5O/c1-9(2)14-12(7-16-10(3)18-14)15(21)20-5-4-13-11(8-20)6-17-19-13/h6-7,9H,4-5,8H2,1-3H3,(H,17,19). The van der Waals surface area contributed by atoms with Gasteiger partial charge in [-0.3, -0.25) is 9.89 Å². The van der Waals surface area contributed by atoms with Crippen molar-refractivity contribution in [3.8, 4) is 0 Å². The molecule has 1 amide bonds. The lowest BCUT2D eigenvalue weighted by molar-refractivity contribution is 0.0731. The van der Waals surface area contributed by atoms with Gasteiger partial charge < -0.3 is 4.90 Å². The average molecular weight is 285 g/mol. The number of carbonyl (C=O) groups is 1. The lowest BCUT2D eigenvalue weighted by Crippen LogP contribution is -2.36. The van der Waals surface area contributed by atoms with Gasteiger partial charge in [-0.15, -0.1) is 0 Å². The third kappa shape index (κ3) is 2.53. The molecule has 0 atom stereocenters. The summed E-state index contributed by atoms with van der Waals surface area (Å²) in [6.45, 7) is 7.22. The minimum atomic E-state index is 0.00514. The van der Waals surface area contributed by atoms with Crippen LogP contribution >= 0.6 is 0 Å². The maximum absolute atomic E-state index is 12.8. The number of hydrogen-bond acceptors (Lipinski definition) is 4. The zero-order valence-corrected chi connectivity index (χ0v) is 12.6. The molecule has 2 aromatic rings. The highest BCUT2D eigenvalue weighted by Crippen LogP contribution is 2.22. The number of fused-ring (bicyclic) bond motifs is 1. The second-order valence-electron chi connectivity index (χ2n) is 5.72. The molecule has 1 N–H and O–H groups in total. The van der Waals surface area contributed by atoms with Crippen LogP contribution in [0.25, 0.3) is 0 Å². The maximum Gasteiger partial charge on any atom is 0.257 e. The molecule has 0 bridgehead atoms. The molecule has 110 valence electrons. The van der Waals surface area contributed by atoms with Crippen LogP contribution in [0.3, 0.4) is 0 Å². The first-order chi connectivity index (χ1) is 10.1. The fraction of sp³-hybridized carbons (Fsp3) is 0.467. The summed E-state index contributed by atoms with van der Waals surface area (Å²) in [6.07, 6.45) is 4.26. The topological polar surface area (TPSA) is 74.8 Å². The van der Waals surface area contributed by atoms with E-state index in [1.165, 1.54) is 0 Å². The Kier molecular flexibility index (Phi) is 3.45. The van der Waals surface area contributed by atoms with Crippen molar-refractivity contribution in [3.63, 3.8) is 0 Å². The van der Waals surface area contributed by atoms with E-state index in [1.807, 2.05) is 25.7 Å². The molecule has 6 heteroatoms. The molecule has 6 nitrogen and oxygen atoms in total. The van der Waals surface area contributed by atoms with Crippen LogP contribution in [0.2, 0.25) is 0 Å². The SMILES string of the molecule is Cc1ncc(C(=O)N2CCc3[nH]ncc3C2)c(C(C)C)n1. The summed E-state index contributed by atoms with van der Waals surface area (Å²) in [5.41, 5.74) is 3.66. The number of hydrogen-bond donors (Lipinski definition) is 1. The molecule has 0 saturated heterocycles. The van der Waals surface area contributed by atoms with E-state index in [1.54, 1.807) is 12.4 Å². The van der Waals surface area contributed by atoms with Crippen molar-refractivity contribution in [2.75, 3.05) is 6.54 Å². The lowest BCUT2D eigenvalue weighted by atomic mass is 10.0. The number of amides is 1. The van der Waals surface area contributed by atoms with Crippen molar-refractivity contribution in [2.45, 2.75) is 39.7 Å². The van der Waals surface area contributed by atoms with Gasteiger partial charge >= 0.3 is 0 Å². The molecule has 0 radical (unpaired) electrons. The highest BCUT2D eigenvalue weighted by Gasteiger charge is 2.26. The molecule has 0 aliphatic carbocycles. The van der Waals surface area contributed by atoms with Gasteiger partial charge in [-0.05, 0) is 12.8 Å². The molecule has 21 heavy (non-hydrogen) atoms. The van der Waals surface area contributed by atoms with E-state index in [9.17, 15) is 4.79 Å². The van der Waals surface area contributed by atoms with Crippen LogP contribution in [0, 0.1) is 6.92 Å². The average Bonchev–Trinajstić information content (AvgIpc) is 2.93. The van der Waals surface area contributed by atoms with Crippen molar-refractivity contribution >= 4 is 5.91 Å². The van der Waals surface area contributed by atoms with Crippen LogP contribution in [-0.2, 0) is 13.0 Å². The monoisotopic (exact) mass is 285 g/mol. The van der Waals surface area contributed by atoms with Crippen LogP contribution in [0.4, 0.5) is 0 Å². The summed E-state index contributed by atoms with van der Waals surface area (Å²) in [7, 11) is 0. The van der Waals surface area contributed by atoms with Gasteiger partial charge in [-0.25, -0.2) is 9.97 Å². The summed E-state index contributed by atoms with van der Waals surface area (Å²) in [6, 6.07) is 0. The van der Waals surface area contributed by atoms with Crippen LogP contribution < -0.4 is 0 Å². The van der Waals surface area contributed by atoms with E-state index in [2.05, 4.69) is 20.2 Å². The first-order valence-electron chi connectivity index (χ1n) is 7.20. The van der Waals surface area contributed by atoms with E-state index in [0.29, 0.717) is 24.5 Å². The van der Waals surface area contributed by atoms with Gasteiger partial charge in [0.15, 0.2) is 0 Å². The Bertz CT molecular complexity index is 676. The number of nitrogens with one attached hydrogen (secondary N) is 1. The Labute approximate surface area is 123 Å². The smallest absolute Gasteiger partial charge is 0.257 e. The molecule has 3 heterocycles. The van der Waals surface area contributed by atoms with Gasteiger partial charge in [0.2, 0.25) is 0 Å². The summed E-state index contributed by atoms with van der Waals surface area (Å²) in [5, 5.41) is 7.02. The Morgan fingerprint density at radius 3 is 2.95 bits per heavy atom. The van der Waals surface area contributed by atoms with Gasteiger partial charge in [0, 0.05) is 37.0 Å². The Hall–Kier alpha value is -2.24. The minimum absolute atomic E-state index is 0.00514. The molecular weight excluding hydrogens is 266 g/mol. The lowest BCUT2D eigenvalue weighted by Gasteiger charge is -2.27. The third-order valence-corrected chi connectivity index (χ3v) is 3.80. The van der Waals surface area contributed by atoms with Gasteiger partial charge in [0.1, 0.15) is 5.82 Å². The molecule has 0 unspecified atom stereocenters. The second-order valence-corrected chi connectivity index (χ2v) is 5.72. The Morgan fingerprint density at radius 2 is 2.19 bits per heavy atom. The normalized spacial score (nSPS) is 14.4. The summed E-state index contributed by atoms with van der Waals surface area (Å²) in [4.78, 5) is 23.3. The Balaban J connectivity index is 1.90. The number of aromatic amines is 1. The number of rotatable bonds is 2. The quantitative estimate of drug-likeness (QED) is 0.913. The fourth-order valence-electron chi connectivity index (χ4n) is 2.66. The van der Waals surface area contributed by atoms with Crippen molar-refractivity contribution in [2.24, 2.45) is 0 Å². The number of carbonyl (C=O) groups excluding carboxylic acids is 1. The summed E-state index contributed by atoms with van der Waals surface area (Å²) < 4.78 is 0. The van der Waals surface area contributed by atoms with E-state index < -0.39 is 0 Å². The zero-order valence-electron chi connectivity index (χ0n) is 12.6. The second kappa shape index (κ2) is 5.27. The molecular formula is C15H19N5O. The van der Waals surface area contributed by atoms with Crippen LogP contribution in [0.5, 0.6) is 0 Å². The van der Waals surface area contributed by atoms with Gasteiger partial charge in [0.25, 0.3) is 5.91 Å². The van der Waals surface area contributed by atoms with Crippen molar-refractivity contribution in [1.29, 1.82) is 0 Å². The van der Waals surface area contributed by atoms with Crippen molar-refractivity contribution in [1.82, 2.24) is 25.1 Å². The molecule has 0 aromatic carbocycles. The van der Waals surface area contributed by atoms with Crippen LogP contribution in [0.1, 0.15) is 52.9 Å². The predicted octanol–water partition coefficient (Wildman–Crippen LogP) is 1.83. The number of aromatic nitrogens is 4. The molecule has 3 rings (SSSR count). The van der Waals surface area contributed by atoms with Gasteiger partial charge in [0.05, 0.1) is 17.5 Å². The van der Waals surface area contributed by atoms with E-state index in [-0.39, 0.29) is 11.8 Å². The van der Waals surface area contributed by atoms with Crippen molar-refractivity contribution in [3.05, 3.63) is 40.7 Å². The van der Waals surface area contributed by atoms with E-state index in [4.69, 9.17) is 0 Å². The Morgan fingerprint density at radius 1 is 1.38 bits per heavy atom. The summed E-state index contributed by atoms with van der Waals surface area (Å²) >= 11 is 0. The summed E-state index contributed by atoms with van der Waals surface area (Å²) in [5.74, 6) is 0.900. The fourth-order valence-corrected chi connectivity index (χ4v) is 2.66. The van der Waals surface area contributed by atoms with Crippen LogP contribution in [0.15, 0.2) is 12.4 Å². The molecule has 0 saturated carbocycles. The number of H-pyrrole nitrogens is 1. The van der Waals surface area contributed by atoms with Gasteiger partial charge in [-0.2, -0.15) is 5.10 Å². The third-order valence-electron chi connectivity index (χ3n) is 3.80. The first-order valence-corrected chi connectivity index (χ1v) is 7.20. The number of aryl methyl sites for hydroxylation is 1. The largest absolute Gasteiger partial charge is 0.334 e. The predicted molar refractivity (Wildman–Crippen MR) is 77.9 cm³/mol. The molecule has 0 fully saturated rings.